The van der Waals surface area contributed by atoms with Crippen LogP contribution in [0.5, 0.6) is 0 Å². The molecule has 2 aliphatic rings. The van der Waals surface area contributed by atoms with Crippen molar-refractivity contribution < 1.29 is 9.59 Å². The number of amides is 2. The number of hydrogen-bond acceptors (Lipinski definition) is 4. The molecule has 0 aliphatic carbocycles. The van der Waals surface area contributed by atoms with Crippen LogP contribution in [-0.4, -0.2) is 40.9 Å². The average molecular weight is 200 g/mol. The van der Waals surface area contributed by atoms with E-state index in [1.165, 1.54) is 4.90 Å². The summed E-state index contributed by atoms with van der Waals surface area (Å²) in [5.74, 6) is 0.304. The summed E-state index contributed by atoms with van der Waals surface area (Å²) in [6.45, 7) is 1.76. The highest BCUT2D eigenvalue weighted by atomic mass is 32.2. The number of piperidine rings is 1. The Balaban J connectivity index is 2.05. The zero-order valence-corrected chi connectivity index (χ0v) is 8.10. The van der Waals surface area contributed by atoms with E-state index in [1.54, 1.807) is 0 Å². The molecular formula is C8H12N2O2S. The molecule has 2 heterocycles. The second kappa shape index (κ2) is 3.67. The summed E-state index contributed by atoms with van der Waals surface area (Å²) < 4.78 is 0. The molecule has 0 bridgehead atoms. The monoisotopic (exact) mass is 200 g/mol. The molecule has 2 aliphatic heterocycles. The smallest absolute Gasteiger partial charge is 0.289 e. The van der Waals surface area contributed by atoms with Crippen molar-refractivity contribution in [3.8, 4) is 0 Å². The molecule has 5 heteroatoms. The summed E-state index contributed by atoms with van der Waals surface area (Å²) in [6.07, 6.45) is 2.00. The van der Waals surface area contributed by atoms with Gasteiger partial charge in [0.1, 0.15) is 0 Å². The molecule has 0 aromatic rings. The average Bonchev–Trinajstić information content (AvgIpc) is 2.48. The van der Waals surface area contributed by atoms with Crippen LogP contribution in [0.1, 0.15) is 12.8 Å². The zero-order valence-electron chi connectivity index (χ0n) is 7.28. The van der Waals surface area contributed by atoms with Gasteiger partial charge in [0.2, 0.25) is 5.91 Å². The summed E-state index contributed by atoms with van der Waals surface area (Å²) in [6, 6.07) is 0.101. The lowest BCUT2D eigenvalue weighted by atomic mass is 10.1. The topological polar surface area (TPSA) is 49.4 Å². The normalized spacial score (nSPS) is 29.8. The van der Waals surface area contributed by atoms with Gasteiger partial charge >= 0.3 is 0 Å². The molecule has 1 atom stereocenters. The van der Waals surface area contributed by atoms with Crippen LogP contribution in [0.15, 0.2) is 0 Å². The minimum atomic E-state index is -0.0706. The van der Waals surface area contributed by atoms with Crippen molar-refractivity contribution in [2.24, 2.45) is 0 Å². The van der Waals surface area contributed by atoms with Crippen molar-refractivity contribution in [1.29, 1.82) is 0 Å². The number of nitrogens with one attached hydrogen (secondary N) is 1. The molecule has 72 valence electrons. The standard InChI is InChI=1S/C8H12N2O2S/c11-7-5-13-8(12)10(7)6-2-1-3-9-4-6/h6,9H,1-5H2/t6-/m0/s1. The molecule has 0 unspecified atom stereocenters. The molecule has 13 heavy (non-hydrogen) atoms. The van der Waals surface area contributed by atoms with E-state index in [4.69, 9.17) is 0 Å². The number of hydrogen-bond donors (Lipinski definition) is 1. The Morgan fingerprint density at radius 1 is 1.46 bits per heavy atom. The Morgan fingerprint density at radius 2 is 2.31 bits per heavy atom. The van der Waals surface area contributed by atoms with Gasteiger partial charge < -0.3 is 5.32 Å². The van der Waals surface area contributed by atoms with Crippen LogP contribution in [0.25, 0.3) is 0 Å². The first-order valence-corrected chi connectivity index (χ1v) is 5.47. The molecule has 2 saturated heterocycles. The fraction of sp³-hybridized carbons (Fsp3) is 0.750. The van der Waals surface area contributed by atoms with E-state index in [-0.39, 0.29) is 17.2 Å². The summed E-state index contributed by atoms with van der Waals surface area (Å²) in [5.41, 5.74) is 0. The van der Waals surface area contributed by atoms with Gasteiger partial charge in [0.05, 0.1) is 11.8 Å². The lowest BCUT2D eigenvalue weighted by molar-refractivity contribution is -0.126. The van der Waals surface area contributed by atoms with Gasteiger partial charge in [-0.05, 0) is 19.4 Å². The van der Waals surface area contributed by atoms with Crippen molar-refractivity contribution in [1.82, 2.24) is 10.2 Å². The van der Waals surface area contributed by atoms with Crippen molar-refractivity contribution in [2.45, 2.75) is 18.9 Å². The van der Waals surface area contributed by atoms with Crippen molar-refractivity contribution in [3.63, 3.8) is 0 Å². The first-order valence-electron chi connectivity index (χ1n) is 4.48. The third kappa shape index (κ3) is 1.71. The Morgan fingerprint density at radius 3 is 2.85 bits per heavy atom. The van der Waals surface area contributed by atoms with Crippen LogP contribution >= 0.6 is 11.8 Å². The molecule has 0 radical (unpaired) electrons. The van der Waals surface area contributed by atoms with Gasteiger partial charge in [0.25, 0.3) is 5.24 Å². The zero-order chi connectivity index (χ0) is 9.26. The van der Waals surface area contributed by atoms with E-state index in [9.17, 15) is 9.59 Å². The van der Waals surface area contributed by atoms with Gasteiger partial charge in [-0.25, -0.2) is 0 Å². The van der Waals surface area contributed by atoms with Crippen LogP contribution in [0.2, 0.25) is 0 Å². The lowest BCUT2D eigenvalue weighted by Crippen LogP contribution is -2.48. The Hall–Kier alpha value is -0.550. The molecule has 2 amide bonds. The summed E-state index contributed by atoms with van der Waals surface area (Å²) in [7, 11) is 0. The van der Waals surface area contributed by atoms with Crippen LogP contribution < -0.4 is 5.32 Å². The molecular weight excluding hydrogens is 188 g/mol. The van der Waals surface area contributed by atoms with Gasteiger partial charge in [-0.1, -0.05) is 11.8 Å². The lowest BCUT2D eigenvalue weighted by Gasteiger charge is -2.29. The van der Waals surface area contributed by atoms with Gasteiger partial charge in [-0.3, -0.25) is 14.5 Å². The largest absolute Gasteiger partial charge is 0.315 e. The van der Waals surface area contributed by atoms with Crippen molar-refractivity contribution in [3.05, 3.63) is 0 Å². The van der Waals surface area contributed by atoms with Crippen molar-refractivity contribution >= 4 is 22.9 Å². The summed E-state index contributed by atoms with van der Waals surface area (Å²) in [4.78, 5) is 24.1. The highest BCUT2D eigenvalue weighted by molar-refractivity contribution is 8.14. The first kappa shape index (κ1) is 9.02. The summed E-state index contributed by atoms with van der Waals surface area (Å²) >= 11 is 1.12. The summed E-state index contributed by atoms with van der Waals surface area (Å²) in [5, 5.41) is 3.13. The molecule has 0 aromatic carbocycles. The van der Waals surface area contributed by atoms with Gasteiger partial charge in [-0.2, -0.15) is 0 Å². The second-order valence-corrected chi connectivity index (χ2v) is 4.25. The fourth-order valence-corrected chi connectivity index (χ4v) is 2.55. The van der Waals surface area contributed by atoms with E-state index in [0.717, 1.165) is 37.7 Å². The maximum absolute atomic E-state index is 11.3. The van der Waals surface area contributed by atoms with Crippen LogP contribution in [-0.2, 0) is 4.79 Å². The number of thioether (sulfide) groups is 1. The molecule has 2 rings (SSSR count). The predicted octanol–water partition coefficient (Wildman–Crippen LogP) is 0.434. The minimum absolute atomic E-state index is 0.0244. The van der Waals surface area contributed by atoms with Crippen molar-refractivity contribution in [2.75, 3.05) is 18.8 Å². The predicted molar refractivity (Wildman–Crippen MR) is 50.6 cm³/mol. The van der Waals surface area contributed by atoms with Crippen LogP contribution in [0.4, 0.5) is 4.79 Å². The maximum Gasteiger partial charge on any atom is 0.289 e. The van der Waals surface area contributed by atoms with Gasteiger partial charge in [-0.15, -0.1) is 0 Å². The number of carbonyl (C=O) groups excluding carboxylic acids is 2. The first-order chi connectivity index (χ1) is 6.29. The molecule has 0 saturated carbocycles. The van der Waals surface area contributed by atoms with E-state index in [0.29, 0.717) is 5.75 Å². The molecule has 2 fully saturated rings. The highest BCUT2D eigenvalue weighted by Gasteiger charge is 2.36. The Kier molecular flexibility index (Phi) is 2.55. The highest BCUT2D eigenvalue weighted by Crippen LogP contribution is 2.23. The number of nitrogens with zero attached hydrogens (tertiary/aromatic N) is 1. The fourth-order valence-electron chi connectivity index (χ4n) is 1.77. The van der Waals surface area contributed by atoms with Gasteiger partial charge in [0, 0.05) is 6.54 Å². The molecule has 0 aromatic heterocycles. The number of imide groups is 1. The van der Waals surface area contributed by atoms with Crippen LogP contribution in [0, 0.1) is 0 Å². The Bertz CT molecular complexity index is 222. The van der Waals surface area contributed by atoms with E-state index < -0.39 is 0 Å². The van der Waals surface area contributed by atoms with Crippen LogP contribution in [0.3, 0.4) is 0 Å². The third-order valence-corrected chi connectivity index (χ3v) is 3.26. The minimum Gasteiger partial charge on any atom is -0.315 e. The van der Waals surface area contributed by atoms with E-state index in [2.05, 4.69) is 5.32 Å². The third-order valence-electron chi connectivity index (χ3n) is 2.42. The maximum atomic E-state index is 11.3. The van der Waals surface area contributed by atoms with E-state index in [1.807, 2.05) is 0 Å². The SMILES string of the molecule is O=C1CSC(=O)N1[C@H]1CCCNC1. The number of carbonyl (C=O) groups is 2. The van der Waals surface area contributed by atoms with E-state index >= 15 is 0 Å². The quantitative estimate of drug-likeness (QED) is 0.667. The molecule has 4 nitrogen and oxygen atoms in total. The van der Waals surface area contributed by atoms with Gasteiger partial charge in [0.15, 0.2) is 0 Å². The number of rotatable bonds is 1. The Labute approximate surface area is 81.0 Å². The molecule has 0 spiro atoms. The second-order valence-electron chi connectivity index (χ2n) is 3.32. The molecule has 1 N–H and O–H groups in total.